The molecule has 6 rings (SSSR count). The summed E-state index contributed by atoms with van der Waals surface area (Å²) in [5, 5.41) is 11.6. The molecule has 1 amide bonds. The lowest BCUT2D eigenvalue weighted by Crippen LogP contribution is -2.60. The first-order chi connectivity index (χ1) is 30.4. The zero-order valence-electron chi connectivity index (χ0n) is 39.7. The molecular formula is C49H71N5O10. The number of rotatable bonds is 13. The van der Waals surface area contributed by atoms with Gasteiger partial charge in [-0.2, -0.15) is 0 Å². The van der Waals surface area contributed by atoms with E-state index in [0.717, 1.165) is 22.4 Å². The number of Topliss-reactive ketones (excluding diaryl/α,β-unsaturated/α-hetero) is 2. The number of cyclic esters (lactones) is 1. The SMILES string of the molecule is CC[C@H]1OC(=O)[C@H](C)C(=O)[C@H](C)[C@@H](O[C@@H]2O[C@H](C)C[C@H](N(C)CC)[C@H]2O)[C@](C)(OC)C[C@@H](C)C(=O)[C@H](C)[C@H]2N(CCCCn3c(Cc4cccnc4)nc4ccccc43)C(=O)O[C@]12C. The van der Waals surface area contributed by atoms with Crippen LogP contribution < -0.4 is 0 Å². The monoisotopic (exact) mass is 890 g/mol. The van der Waals surface area contributed by atoms with Gasteiger partial charge in [0.1, 0.15) is 29.7 Å². The van der Waals surface area contributed by atoms with Crippen LogP contribution >= 0.6 is 0 Å². The van der Waals surface area contributed by atoms with E-state index in [9.17, 15) is 24.3 Å². The predicted molar refractivity (Wildman–Crippen MR) is 240 cm³/mol. The Morgan fingerprint density at radius 2 is 1.67 bits per heavy atom. The third-order valence-corrected chi connectivity index (χ3v) is 14.4. The fourth-order valence-electron chi connectivity index (χ4n) is 10.6. The van der Waals surface area contributed by atoms with Crippen LogP contribution in [-0.2, 0) is 51.0 Å². The van der Waals surface area contributed by atoms with Gasteiger partial charge < -0.3 is 43.2 Å². The number of aryl methyl sites for hydroxylation is 1. The van der Waals surface area contributed by atoms with Crippen LogP contribution in [0.25, 0.3) is 11.0 Å². The van der Waals surface area contributed by atoms with Gasteiger partial charge in [0, 0.05) is 62.8 Å². The Morgan fingerprint density at radius 1 is 0.953 bits per heavy atom. The van der Waals surface area contributed by atoms with Gasteiger partial charge in [0.2, 0.25) is 0 Å². The number of amides is 1. The summed E-state index contributed by atoms with van der Waals surface area (Å²) in [6.45, 7) is 17.7. The Hall–Kier alpha value is -4.28. The van der Waals surface area contributed by atoms with Crippen LogP contribution in [0.4, 0.5) is 4.79 Å². The van der Waals surface area contributed by atoms with Crippen molar-refractivity contribution in [2.24, 2.45) is 23.7 Å². The summed E-state index contributed by atoms with van der Waals surface area (Å²) in [5.74, 6) is -4.08. The summed E-state index contributed by atoms with van der Waals surface area (Å²) in [7, 11) is 3.44. The Morgan fingerprint density at radius 3 is 2.34 bits per heavy atom. The number of para-hydroxylation sites is 2. The van der Waals surface area contributed by atoms with Crippen LogP contribution in [0.5, 0.6) is 0 Å². The number of aliphatic hydroxyl groups excluding tert-OH is 1. The van der Waals surface area contributed by atoms with Crippen molar-refractivity contribution in [3.05, 3.63) is 60.2 Å². The summed E-state index contributed by atoms with van der Waals surface area (Å²) < 4.78 is 33.8. The van der Waals surface area contributed by atoms with Crippen molar-refractivity contribution >= 4 is 34.7 Å². The van der Waals surface area contributed by atoms with Crippen molar-refractivity contribution in [3.8, 4) is 0 Å². The van der Waals surface area contributed by atoms with Crippen molar-refractivity contribution in [3.63, 3.8) is 0 Å². The Bertz CT molecular complexity index is 2100. The summed E-state index contributed by atoms with van der Waals surface area (Å²) in [4.78, 5) is 70.5. The first-order valence-corrected chi connectivity index (χ1v) is 23.2. The molecule has 0 bridgehead atoms. The smallest absolute Gasteiger partial charge is 0.410 e. The van der Waals surface area contributed by atoms with E-state index in [1.807, 2.05) is 83.1 Å². The minimum atomic E-state index is -1.42. The zero-order chi connectivity index (χ0) is 46.7. The molecule has 1 N–H and O–H groups in total. The molecule has 2 aromatic heterocycles. The largest absolute Gasteiger partial charge is 0.458 e. The molecule has 15 heteroatoms. The third kappa shape index (κ3) is 9.93. The minimum Gasteiger partial charge on any atom is -0.458 e. The van der Waals surface area contributed by atoms with Crippen LogP contribution in [0, 0.1) is 23.7 Å². The molecule has 3 aliphatic rings. The number of nitrogens with zero attached hydrogens (tertiary/aromatic N) is 5. The number of fused-ring (bicyclic) bond motifs is 2. The van der Waals surface area contributed by atoms with Crippen molar-refractivity contribution in [2.75, 3.05) is 27.2 Å². The molecule has 0 aliphatic carbocycles. The second kappa shape index (κ2) is 20.5. The second-order valence-corrected chi connectivity index (χ2v) is 18.9. The topological polar surface area (TPSA) is 172 Å². The van der Waals surface area contributed by atoms with Gasteiger partial charge in [-0.05, 0) is 97.2 Å². The number of esters is 1. The molecule has 0 unspecified atom stereocenters. The van der Waals surface area contributed by atoms with E-state index >= 15 is 0 Å². The van der Waals surface area contributed by atoms with E-state index in [4.69, 9.17) is 28.7 Å². The number of methoxy groups -OCH3 is 1. The first-order valence-electron chi connectivity index (χ1n) is 23.2. The molecule has 64 heavy (non-hydrogen) atoms. The highest BCUT2D eigenvalue weighted by atomic mass is 16.7. The van der Waals surface area contributed by atoms with E-state index in [-0.39, 0.29) is 37.3 Å². The minimum absolute atomic E-state index is 0.125. The summed E-state index contributed by atoms with van der Waals surface area (Å²) in [5.41, 5.74) is 0.267. The molecule has 3 aliphatic heterocycles. The molecular weight excluding hydrogens is 819 g/mol. The molecule has 0 spiro atoms. The molecule has 15 nitrogen and oxygen atoms in total. The van der Waals surface area contributed by atoms with Gasteiger partial charge in [0.25, 0.3) is 0 Å². The number of hydrogen-bond donors (Lipinski definition) is 1. The van der Waals surface area contributed by atoms with E-state index < -0.39 is 83.4 Å². The fraction of sp³-hybridized carbons (Fsp3) is 0.673. The van der Waals surface area contributed by atoms with Crippen molar-refractivity contribution in [2.45, 2.75) is 161 Å². The number of ketones is 2. The van der Waals surface area contributed by atoms with E-state index in [1.54, 1.807) is 31.9 Å². The van der Waals surface area contributed by atoms with Gasteiger partial charge in [0.15, 0.2) is 17.7 Å². The fourth-order valence-corrected chi connectivity index (χ4v) is 10.6. The molecule has 0 radical (unpaired) electrons. The van der Waals surface area contributed by atoms with Crippen molar-refractivity contribution in [1.29, 1.82) is 0 Å². The lowest BCUT2D eigenvalue weighted by atomic mass is 9.73. The number of hydrogen-bond acceptors (Lipinski definition) is 13. The van der Waals surface area contributed by atoms with E-state index in [1.165, 1.54) is 14.0 Å². The van der Waals surface area contributed by atoms with Gasteiger partial charge in [-0.3, -0.25) is 19.4 Å². The quantitative estimate of drug-likeness (QED) is 0.114. The maximum atomic E-state index is 14.9. The third-order valence-electron chi connectivity index (χ3n) is 14.4. The highest BCUT2D eigenvalue weighted by Gasteiger charge is 2.60. The van der Waals surface area contributed by atoms with Crippen LogP contribution in [0.2, 0.25) is 0 Å². The number of pyridine rings is 1. The van der Waals surface area contributed by atoms with Gasteiger partial charge in [0.05, 0.1) is 34.9 Å². The number of imidazole rings is 1. The second-order valence-electron chi connectivity index (χ2n) is 18.9. The number of unbranched alkanes of at least 4 members (excludes halogenated alkanes) is 1. The zero-order valence-corrected chi connectivity index (χ0v) is 39.7. The first kappa shape index (κ1) is 49.2. The Balaban J connectivity index is 1.29. The van der Waals surface area contributed by atoms with Crippen LogP contribution in [0.15, 0.2) is 48.8 Å². The molecule has 3 fully saturated rings. The number of carbonyl (C=O) groups is 4. The maximum absolute atomic E-state index is 14.9. The molecule has 0 saturated carbocycles. The summed E-state index contributed by atoms with van der Waals surface area (Å²) >= 11 is 0. The number of carbonyl (C=O) groups excluding carboxylic acids is 4. The number of benzene rings is 1. The normalized spacial score (nSPS) is 34.5. The summed E-state index contributed by atoms with van der Waals surface area (Å²) in [6.07, 6.45) is 1.39. The van der Waals surface area contributed by atoms with Crippen LogP contribution in [0.1, 0.15) is 106 Å². The molecule has 352 valence electrons. The number of aliphatic hydroxyl groups is 1. The van der Waals surface area contributed by atoms with Gasteiger partial charge >= 0.3 is 12.1 Å². The molecule has 1 aromatic carbocycles. The number of aromatic nitrogens is 3. The lowest BCUT2D eigenvalue weighted by molar-refractivity contribution is -0.296. The maximum Gasteiger partial charge on any atom is 0.410 e. The van der Waals surface area contributed by atoms with Gasteiger partial charge in [-0.25, -0.2) is 9.78 Å². The average molecular weight is 890 g/mol. The summed E-state index contributed by atoms with van der Waals surface area (Å²) in [6, 6.07) is 10.9. The molecule has 3 saturated heterocycles. The average Bonchev–Trinajstić information content (AvgIpc) is 3.76. The van der Waals surface area contributed by atoms with Crippen LogP contribution in [-0.4, -0.2) is 134 Å². The molecule has 13 atom stereocenters. The Labute approximate surface area is 378 Å². The van der Waals surface area contributed by atoms with Gasteiger partial charge in [-0.15, -0.1) is 0 Å². The highest BCUT2D eigenvalue weighted by molar-refractivity contribution is 6.00. The van der Waals surface area contributed by atoms with Crippen molar-refractivity contribution < 1.29 is 48.0 Å². The standard InChI is InChI=1S/C49H71N5O10/c1-12-38-49(9)43(54(47(59)64-49)24-17-16-23-53-36-21-15-14-20-35(36)51-39(53)26-34-19-18-22-50-28-34)31(5)40(55)29(3)27-48(8,60-11)44(32(6)41(56)33(7)45(58)62-38)63-46-42(57)37(52(10)13-2)25-30(4)61-46/h14-15,18-22,28-33,37-38,42-44,46,57H,12-13,16-17,23-27H2,1-11H3/t29-,30-,31+,32+,33-,37+,38-,42-,43-,44-,46+,48-,49-/m1/s1. The van der Waals surface area contributed by atoms with Crippen molar-refractivity contribution in [1.82, 2.24) is 24.3 Å². The Kier molecular flexibility index (Phi) is 15.7. The lowest BCUT2D eigenvalue weighted by Gasteiger charge is -2.47. The van der Waals surface area contributed by atoms with E-state index in [0.29, 0.717) is 38.8 Å². The van der Waals surface area contributed by atoms with Crippen LogP contribution in [0.3, 0.4) is 0 Å². The molecule has 3 aromatic rings. The predicted octanol–water partition coefficient (Wildman–Crippen LogP) is 6.40. The highest BCUT2D eigenvalue weighted by Crippen LogP contribution is 2.43. The molecule has 5 heterocycles. The van der Waals surface area contributed by atoms with E-state index in [2.05, 4.69) is 15.6 Å². The number of likely N-dealkylation sites (N-methyl/N-ethyl adjacent to an activating group) is 1. The number of ether oxygens (including phenoxy) is 5. The van der Waals surface area contributed by atoms with Gasteiger partial charge in [-0.1, -0.05) is 52.8 Å².